The SMILES string of the molecule is COc1ccc(O)c(C(=O)c2cnn(C(=O)Cn3c(C)nc4ccccc43)c2)c1. The highest BCUT2D eigenvalue weighted by molar-refractivity contribution is 6.10. The molecule has 0 spiro atoms. The fraction of sp³-hybridized carbons (Fsp3) is 0.143. The Morgan fingerprint density at radius 3 is 2.76 bits per heavy atom. The van der Waals surface area contributed by atoms with E-state index in [1.165, 1.54) is 31.6 Å². The van der Waals surface area contributed by atoms with E-state index in [0.717, 1.165) is 15.7 Å². The van der Waals surface area contributed by atoms with Gasteiger partial charge in [-0.25, -0.2) is 9.67 Å². The lowest BCUT2D eigenvalue weighted by atomic mass is 10.1. The molecule has 0 aliphatic carbocycles. The van der Waals surface area contributed by atoms with Gasteiger partial charge in [-0.3, -0.25) is 9.59 Å². The summed E-state index contributed by atoms with van der Waals surface area (Å²) in [4.78, 5) is 29.9. The number of carbonyl (C=O) groups excluding carboxylic acids is 2. The summed E-state index contributed by atoms with van der Waals surface area (Å²) in [6, 6.07) is 11.9. The zero-order chi connectivity index (χ0) is 20.5. The van der Waals surface area contributed by atoms with Crippen molar-refractivity contribution in [2.75, 3.05) is 7.11 Å². The monoisotopic (exact) mass is 390 g/mol. The van der Waals surface area contributed by atoms with Crippen LogP contribution in [0.15, 0.2) is 54.9 Å². The number of imidazole rings is 1. The lowest BCUT2D eigenvalue weighted by molar-refractivity contribution is 0.0875. The van der Waals surface area contributed by atoms with Crippen LogP contribution in [0.25, 0.3) is 11.0 Å². The summed E-state index contributed by atoms with van der Waals surface area (Å²) < 4.78 is 8.02. The van der Waals surface area contributed by atoms with Crippen molar-refractivity contribution in [3.8, 4) is 11.5 Å². The molecule has 0 saturated carbocycles. The fourth-order valence-electron chi connectivity index (χ4n) is 3.16. The summed E-state index contributed by atoms with van der Waals surface area (Å²) in [5.41, 5.74) is 1.92. The fourth-order valence-corrected chi connectivity index (χ4v) is 3.16. The number of hydrogen-bond acceptors (Lipinski definition) is 6. The molecule has 2 aromatic carbocycles. The van der Waals surface area contributed by atoms with E-state index in [9.17, 15) is 14.7 Å². The van der Waals surface area contributed by atoms with Crippen molar-refractivity contribution in [3.63, 3.8) is 0 Å². The third kappa shape index (κ3) is 3.36. The normalized spacial score (nSPS) is 11.0. The molecule has 4 rings (SSSR count). The van der Waals surface area contributed by atoms with Crippen molar-refractivity contribution in [1.29, 1.82) is 0 Å². The Morgan fingerprint density at radius 1 is 1.17 bits per heavy atom. The summed E-state index contributed by atoms with van der Waals surface area (Å²) >= 11 is 0. The van der Waals surface area contributed by atoms with E-state index in [2.05, 4.69) is 10.1 Å². The first kappa shape index (κ1) is 18.4. The van der Waals surface area contributed by atoms with Gasteiger partial charge in [-0.1, -0.05) is 12.1 Å². The molecule has 0 fully saturated rings. The van der Waals surface area contributed by atoms with Crippen molar-refractivity contribution < 1.29 is 19.4 Å². The molecule has 2 aromatic heterocycles. The van der Waals surface area contributed by atoms with Crippen LogP contribution in [-0.4, -0.2) is 43.2 Å². The van der Waals surface area contributed by atoms with Crippen molar-refractivity contribution >= 4 is 22.7 Å². The predicted octanol–water partition coefficient (Wildman–Crippen LogP) is 2.83. The van der Waals surface area contributed by atoms with E-state index >= 15 is 0 Å². The van der Waals surface area contributed by atoms with Gasteiger partial charge >= 0.3 is 0 Å². The number of benzene rings is 2. The summed E-state index contributed by atoms with van der Waals surface area (Å²) in [5.74, 6) is 0.214. The molecule has 0 aliphatic heterocycles. The van der Waals surface area contributed by atoms with E-state index < -0.39 is 5.78 Å². The molecular weight excluding hydrogens is 372 g/mol. The molecule has 0 saturated heterocycles. The molecule has 0 radical (unpaired) electrons. The maximum Gasteiger partial charge on any atom is 0.266 e. The Kier molecular flexibility index (Phi) is 4.59. The smallest absolute Gasteiger partial charge is 0.266 e. The van der Waals surface area contributed by atoms with Crippen LogP contribution in [0.4, 0.5) is 0 Å². The summed E-state index contributed by atoms with van der Waals surface area (Å²) in [5, 5.41) is 14.0. The van der Waals surface area contributed by atoms with Gasteiger partial charge in [0.25, 0.3) is 5.91 Å². The molecule has 8 heteroatoms. The Morgan fingerprint density at radius 2 is 1.97 bits per heavy atom. The van der Waals surface area contributed by atoms with Crippen molar-refractivity contribution in [2.45, 2.75) is 13.5 Å². The van der Waals surface area contributed by atoms with E-state index in [1.807, 2.05) is 31.2 Å². The van der Waals surface area contributed by atoms with Gasteiger partial charge in [0.15, 0.2) is 5.78 Å². The molecule has 2 heterocycles. The van der Waals surface area contributed by atoms with Gasteiger partial charge in [-0.15, -0.1) is 0 Å². The Labute approximate surface area is 166 Å². The average molecular weight is 390 g/mol. The van der Waals surface area contributed by atoms with Crippen LogP contribution in [0.2, 0.25) is 0 Å². The van der Waals surface area contributed by atoms with Gasteiger partial charge < -0.3 is 14.4 Å². The number of carbonyl (C=O) groups is 2. The third-order valence-electron chi connectivity index (χ3n) is 4.69. The number of phenolic OH excluding ortho intramolecular Hbond substituents is 1. The minimum absolute atomic E-state index is 0.0338. The van der Waals surface area contributed by atoms with E-state index in [1.54, 1.807) is 10.6 Å². The van der Waals surface area contributed by atoms with Crippen LogP contribution < -0.4 is 4.74 Å². The van der Waals surface area contributed by atoms with E-state index in [4.69, 9.17) is 4.74 Å². The lowest BCUT2D eigenvalue weighted by Crippen LogP contribution is -2.19. The zero-order valence-corrected chi connectivity index (χ0v) is 15.9. The number of phenols is 1. The highest BCUT2D eigenvalue weighted by Gasteiger charge is 2.19. The Bertz CT molecular complexity index is 1240. The van der Waals surface area contributed by atoms with Crippen LogP contribution in [0.5, 0.6) is 11.5 Å². The number of aromatic hydroxyl groups is 1. The maximum absolute atomic E-state index is 12.7. The molecule has 4 aromatic rings. The van der Waals surface area contributed by atoms with Gasteiger partial charge in [0, 0.05) is 6.20 Å². The van der Waals surface area contributed by atoms with E-state index in [0.29, 0.717) is 11.6 Å². The summed E-state index contributed by atoms with van der Waals surface area (Å²) in [7, 11) is 1.47. The molecular formula is C21H18N4O4. The molecule has 1 N–H and O–H groups in total. The van der Waals surface area contributed by atoms with Gasteiger partial charge in [0.05, 0.1) is 35.5 Å². The molecule has 0 amide bonds. The Hall–Kier alpha value is -3.94. The minimum atomic E-state index is -0.454. The highest BCUT2D eigenvalue weighted by atomic mass is 16.5. The first-order chi connectivity index (χ1) is 14.0. The largest absolute Gasteiger partial charge is 0.507 e. The van der Waals surface area contributed by atoms with Crippen molar-refractivity contribution in [1.82, 2.24) is 19.3 Å². The molecule has 0 bridgehead atoms. The number of ketones is 1. The second-order valence-corrected chi connectivity index (χ2v) is 6.51. The number of aromatic nitrogens is 4. The number of nitrogens with zero attached hydrogens (tertiary/aromatic N) is 4. The number of ether oxygens (including phenoxy) is 1. The first-order valence-corrected chi connectivity index (χ1v) is 8.89. The summed E-state index contributed by atoms with van der Waals surface area (Å²) in [6.07, 6.45) is 2.66. The lowest BCUT2D eigenvalue weighted by Gasteiger charge is -2.06. The molecule has 146 valence electrons. The third-order valence-corrected chi connectivity index (χ3v) is 4.69. The first-order valence-electron chi connectivity index (χ1n) is 8.89. The quantitative estimate of drug-likeness (QED) is 0.526. The van der Waals surface area contributed by atoms with Gasteiger partial charge in [-0.2, -0.15) is 5.10 Å². The number of aryl methyl sites for hydroxylation is 1. The second kappa shape index (κ2) is 7.23. The number of fused-ring (bicyclic) bond motifs is 1. The van der Waals surface area contributed by atoms with Crippen LogP contribution in [0, 0.1) is 6.92 Å². The predicted molar refractivity (Wildman–Crippen MR) is 105 cm³/mol. The van der Waals surface area contributed by atoms with Gasteiger partial charge in [0.2, 0.25) is 0 Å². The maximum atomic E-state index is 12.7. The highest BCUT2D eigenvalue weighted by Crippen LogP contribution is 2.25. The molecule has 0 unspecified atom stereocenters. The summed E-state index contributed by atoms with van der Waals surface area (Å²) in [6.45, 7) is 1.86. The number of para-hydroxylation sites is 2. The van der Waals surface area contributed by atoms with Crippen LogP contribution in [-0.2, 0) is 6.54 Å². The molecule has 8 nitrogen and oxygen atoms in total. The average Bonchev–Trinajstić information content (AvgIpc) is 3.33. The minimum Gasteiger partial charge on any atom is -0.507 e. The van der Waals surface area contributed by atoms with Crippen molar-refractivity contribution in [3.05, 3.63) is 71.8 Å². The van der Waals surface area contributed by atoms with Gasteiger partial charge in [-0.05, 0) is 37.3 Å². The van der Waals surface area contributed by atoms with Gasteiger partial charge in [0.1, 0.15) is 23.9 Å². The number of methoxy groups -OCH3 is 1. The molecule has 0 aliphatic rings. The van der Waals surface area contributed by atoms with E-state index in [-0.39, 0.29) is 29.3 Å². The topological polar surface area (TPSA) is 99.2 Å². The molecule has 0 atom stereocenters. The molecule has 29 heavy (non-hydrogen) atoms. The Balaban J connectivity index is 1.59. The number of hydrogen-bond donors (Lipinski definition) is 1. The number of rotatable bonds is 5. The van der Waals surface area contributed by atoms with Crippen LogP contribution in [0.3, 0.4) is 0 Å². The standard InChI is InChI=1S/C21H18N4O4/c1-13-23-17-5-3-4-6-18(17)24(13)12-20(27)25-11-14(10-22-25)21(28)16-9-15(29-2)7-8-19(16)26/h3-11,26H,12H2,1-2H3. The zero-order valence-electron chi connectivity index (χ0n) is 15.9. The second-order valence-electron chi connectivity index (χ2n) is 6.51. The van der Waals surface area contributed by atoms with Crippen LogP contribution >= 0.6 is 0 Å². The van der Waals surface area contributed by atoms with Crippen molar-refractivity contribution in [2.24, 2.45) is 0 Å². The van der Waals surface area contributed by atoms with Crippen LogP contribution in [0.1, 0.15) is 26.5 Å².